The van der Waals surface area contributed by atoms with Crippen molar-refractivity contribution >= 4 is 29.7 Å². The van der Waals surface area contributed by atoms with Crippen molar-refractivity contribution in [2.24, 2.45) is 5.10 Å². The zero-order valence-electron chi connectivity index (χ0n) is 12.9. The maximum atomic E-state index is 6.23. The molecule has 0 saturated carbocycles. The van der Waals surface area contributed by atoms with Gasteiger partial charge in [-0.05, 0) is 17.7 Å². The van der Waals surface area contributed by atoms with Gasteiger partial charge in [0.15, 0.2) is 0 Å². The largest absolute Gasteiger partial charge is 0.289 e. The van der Waals surface area contributed by atoms with E-state index >= 15 is 0 Å². The van der Waals surface area contributed by atoms with Gasteiger partial charge < -0.3 is 0 Å². The van der Waals surface area contributed by atoms with Crippen molar-refractivity contribution in [1.82, 2.24) is 5.01 Å². The average Bonchev–Trinajstić information content (AvgIpc) is 2.62. The molecule has 0 amide bonds. The van der Waals surface area contributed by atoms with Gasteiger partial charge in [-0.1, -0.05) is 48.0 Å². The van der Waals surface area contributed by atoms with E-state index in [0.29, 0.717) is 5.03 Å². The predicted octanol–water partition coefficient (Wildman–Crippen LogP) is 2.89. The Morgan fingerprint density at radius 1 is 1.00 bits per heavy atom. The maximum Gasteiger partial charge on any atom is 0.274 e. The molecule has 1 fully saturated rings. The molecule has 118 valence electrons. The molecule has 2 aromatic rings. The first-order valence-electron chi connectivity index (χ1n) is 7.74. The Balaban J connectivity index is 1.53. The number of anilines is 1. The van der Waals surface area contributed by atoms with Crippen LogP contribution < -0.4 is 9.88 Å². The number of aromatic nitrogens is 1. The summed E-state index contributed by atoms with van der Waals surface area (Å²) in [5.74, 6) is 1.15. The SMILES string of the molecule is ClC(/C=N\N1CCN(c2cccc[nH+]2)CC1)=C\c1ccccc1. The fourth-order valence-electron chi connectivity index (χ4n) is 2.52. The molecule has 0 aliphatic carbocycles. The highest BCUT2D eigenvalue weighted by atomic mass is 35.5. The third-order valence-corrected chi connectivity index (χ3v) is 3.94. The minimum absolute atomic E-state index is 0.634. The third kappa shape index (κ3) is 4.57. The molecule has 1 N–H and O–H groups in total. The van der Waals surface area contributed by atoms with Crippen LogP contribution in [0.5, 0.6) is 0 Å². The molecule has 1 aliphatic heterocycles. The van der Waals surface area contributed by atoms with E-state index < -0.39 is 0 Å². The first-order valence-corrected chi connectivity index (χ1v) is 8.12. The Hall–Kier alpha value is -2.33. The summed E-state index contributed by atoms with van der Waals surface area (Å²) >= 11 is 6.23. The summed E-state index contributed by atoms with van der Waals surface area (Å²) in [7, 11) is 0. The van der Waals surface area contributed by atoms with Crippen LogP contribution in [0.4, 0.5) is 5.82 Å². The van der Waals surface area contributed by atoms with Crippen molar-refractivity contribution in [3.63, 3.8) is 0 Å². The lowest BCUT2D eigenvalue weighted by atomic mass is 10.2. The zero-order valence-corrected chi connectivity index (χ0v) is 13.7. The molecule has 0 radical (unpaired) electrons. The number of hydrazone groups is 1. The van der Waals surface area contributed by atoms with Gasteiger partial charge in [0.1, 0.15) is 13.1 Å². The third-order valence-electron chi connectivity index (χ3n) is 3.74. The summed E-state index contributed by atoms with van der Waals surface area (Å²) in [4.78, 5) is 5.60. The molecule has 0 unspecified atom stereocenters. The van der Waals surface area contributed by atoms with Crippen LogP contribution in [0.2, 0.25) is 0 Å². The molecule has 0 bridgehead atoms. The standard InChI is InChI=1S/C18H19ClN4/c19-17(14-16-6-2-1-3-7-16)15-21-23-12-10-22(11-13-23)18-8-4-5-9-20-18/h1-9,14-15H,10-13H2/p+1/b17-14-,21-15-. The number of aromatic amines is 1. The molecule has 3 rings (SSSR count). The highest BCUT2D eigenvalue weighted by Crippen LogP contribution is 2.11. The highest BCUT2D eigenvalue weighted by molar-refractivity contribution is 6.41. The number of piperazine rings is 1. The topological polar surface area (TPSA) is 33.0 Å². The Morgan fingerprint density at radius 2 is 1.74 bits per heavy atom. The van der Waals surface area contributed by atoms with Gasteiger partial charge in [0.25, 0.3) is 5.82 Å². The molecule has 1 aromatic heterocycles. The van der Waals surface area contributed by atoms with E-state index in [0.717, 1.165) is 37.6 Å². The van der Waals surface area contributed by atoms with E-state index in [1.54, 1.807) is 6.21 Å². The van der Waals surface area contributed by atoms with E-state index in [9.17, 15) is 0 Å². The van der Waals surface area contributed by atoms with Gasteiger partial charge in [-0.25, -0.2) is 4.98 Å². The van der Waals surface area contributed by atoms with Crippen LogP contribution in [0.15, 0.2) is 64.9 Å². The number of nitrogens with one attached hydrogen (secondary N) is 1. The minimum atomic E-state index is 0.634. The van der Waals surface area contributed by atoms with Crippen LogP contribution in [0, 0.1) is 0 Å². The molecule has 1 aliphatic rings. The molecular weight excluding hydrogens is 308 g/mol. The number of nitrogens with zero attached hydrogens (tertiary/aromatic N) is 3. The van der Waals surface area contributed by atoms with Gasteiger partial charge in [0.2, 0.25) is 0 Å². The number of H-pyrrole nitrogens is 1. The molecule has 2 heterocycles. The monoisotopic (exact) mass is 327 g/mol. The number of hydrogen-bond acceptors (Lipinski definition) is 3. The summed E-state index contributed by atoms with van der Waals surface area (Å²) in [5, 5.41) is 7.17. The number of rotatable bonds is 4. The quantitative estimate of drug-likeness (QED) is 0.809. The Bertz CT molecular complexity index is 662. The smallest absolute Gasteiger partial charge is 0.274 e. The normalized spacial score (nSPS) is 16.1. The lowest BCUT2D eigenvalue weighted by Gasteiger charge is -2.28. The molecule has 4 nitrogen and oxygen atoms in total. The van der Waals surface area contributed by atoms with Crippen molar-refractivity contribution in [3.05, 3.63) is 65.3 Å². The molecule has 0 spiro atoms. The number of benzene rings is 1. The van der Waals surface area contributed by atoms with Gasteiger partial charge in [0, 0.05) is 6.07 Å². The number of halogens is 1. The van der Waals surface area contributed by atoms with Crippen LogP contribution in [-0.4, -0.2) is 37.4 Å². The van der Waals surface area contributed by atoms with Gasteiger partial charge in [-0.3, -0.25) is 9.91 Å². The molecule has 0 atom stereocenters. The number of hydrogen-bond donors (Lipinski definition) is 0. The second-order valence-corrected chi connectivity index (χ2v) is 5.81. The summed E-state index contributed by atoms with van der Waals surface area (Å²) in [5.41, 5.74) is 1.08. The summed E-state index contributed by atoms with van der Waals surface area (Å²) in [6, 6.07) is 16.1. The van der Waals surface area contributed by atoms with E-state index in [4.69, 9.17) is 11.6 Å². The summed E-state index contributed by atoms with van der Waals surface area (Å²) < 4.78 is 0. The van der Waals surface area contributed by atoms with Gasteiger partial charge in [-0.2, -0.15) is 5.10 Å². The average molecular weight is 328 g/mol. The Kier molecular flexibility index (Phi) is 5.27. The molecule has 1 saturated heterocycles. The fourth-order valence-corrected chi connectivity index (χ4v) is 2.69. The van der Waals surface area contributed by atoms with E-state index in [1.807, 2.05) is 54.7 Å². The second kappa shape index (κ2) is 7.79. The van der Waals surface area contributed by atoms with Crippen LogP contribution in [0.1, 0.15) is 5.56 Å². The fraction of sp³-hybridized carbons (Fsp3) is 0.222. The van der Waals surface area contributed by atoms with Crippen LogP contribution in [0.25, 0.3) is 6.08 Å². The van der Waals surface area contributed by atoms with Crippen molar-refractivity contribution in [1.29, 1.82) is 0 Å². The van der Waals surface area contributed by atoms with Crippen molar-refractivity contribution in [2.75, 3.05) is 31.1 Å². The van der Waals surface area contributed by atoms with Crippen LogP contribution in [0.3, 0.4) is 0 Å². The minimum Gasteiger partial charge on any atom is -0.289 e. The van der Waals surface area contributed by atoms with Crippen LogP contribution in [-0.2, 0) is 0 Å². The maximum absolute atomic E-state index is 6.23. The lowest BCUT2D eigenvalue weighted by molar-refractivity contribution is -0.364. The van der Waals surface area contributed by atoms with Gasteiger partial charge in [0.05, 0.1) is 30.5 Å². The van der Waals surface area contributed by atoms with Crippen molar-refractivity contribution in [3.8, 4) is 0 Å². The highest BCUT2D eigenvalue weighted by Gasteiger charge is 2.21. The van der Waals surface area contributed by atoms with Gasteiger partial charge >= 0.3 is 0 Å². The Morgan fingerprint density at radius 3 is 2.43 bits per heavy atom. The van der Waals surface area contributed by atoms with Crippen LogP contribution >= 0.6 is 11.6 Å². The number of allylic oxidation sites excluding steroid dienone is 1. The van der Waals surface area contributed by atoms with E-state index in [-0.39, 0.29) is 0 Å². The lowest BCUT2D eigenvalue weighted by Crippen LogP contribution is -2.45. The molecular formula is C18H20ClN4+. The Labute approximate surface area is 141 Å². The molecule has 23 heavy (non-hydrogen) atoms. The molecule has 5 heteroatoms. The first kappa shape index (κ1) is 15.6. The van der Waals surface area contributed by atoms with Gasteiger partial charge in [-0.15, -0.1) is 0 Å². The van der Waals surface area contributed by atoms with Crippen molar-refractivity contribution < 1.29 is 4.98 Å². The first-order chi connectivity index (χ1) is 11.3. The predicted molar refractivity (Wildman–Crippen MR) is 95.5 cm³/mol. The number of pyridine rings is 1. The van der Waals surface area contributed by atoms with Crippen molar-refractivity contribution in [2.45, 2.75) is 0 Å². The molecule has 1 aromatic carbocycles. The van der Waals surface area contributed by atoms with E-state index in [2.05, 4.69) is 26.1 Å². The second-order valence-electron chi connectivity index (χ2n) is 5.37. The zero-order chi connectivity index (χ0) is 15.9. The summed E-state index contributed by atoms with van der Waals surface area (Å²) in [6.45, 7) is 3.65. The summed E-state index contributed by atoms with van der Waals surface area (Å²) in [6.07, 6.45) is 5.59. The van der Waals surface area contributed by atoms with E-state index in [1.165, 1.54) is 0 Å².